The van der Waals surface area contributed by atoms with Crippen molar-refractivity contribution in [3.63, 3.8) is 0 Å². The molecule has 2 atom stereocenters. The first-order valence-electron chi connectivity index (χ1n) is 6.46. The van der Waals surface area contributed by atoms with Crippen LogP contribution in [0.25, 0.3) is 0 Å². The molecule has 0 fully saturated rings. The summed E-state index contributed by atoms with van der Waals surface area (Å²) in [6.45, 7) is 7.29. The number of benzene rings is 1. The number of ether oxygens (including phenoxy) is 1. The maximum atomic E-state index is 11.9. The lowest BCUT2D eigenvalue weighted by molar-refractivity contribution is -0.127. The molecule has 0 aliphatic heterocycles. The fraction of sp³-hybridized carbons (Fsp3) is 0.500. The molecule has 0 aliphatic rings. The number of nitrogens with one attached hydrogen (secondary N) is 2. The number of carbonyl (C=O) groups is 1. The summed E-state index contributed by atoms with van der Waals surface area (Å²) in [6, 6.07) is 7.74. The highest BCUT2D eigenvalue weighted by molar-refractivity contribution is 9.10. The predicted molar refractivity (Wildman–Crippen MR) is 87.6 cm³/mol. The summed E-state index contributed by atoms with van der Waals surface area (Å²) in [6.07, 6.45) is -0.521. The van der Waals surface area contributed by atoms with Crippen LogP contribution in [0.5, 0.6) is 5.75 Å². The van der Waals surface area contributed by atoms with Gasteiger partial charge in [0.05, 0.1) is 4.47 Å². The molecule has 1 amide bonds. The Bertz CT molecular complexity index is 418. The average molecular weight is 366 g/mol. The summed E-state index contributed by atoms with van der Waals surface area (Å²) >= 11 is 3.39. The number of para-hydroxylation sites is 1. The Balaban J connectivity index is 0.00000361. The first-order valence-corrected chi connectivity index (χ1v) is 7.26. The van der Waals surface area contributed by atoms with E-state index in [-0.39, 0.29) is 24.4 Å². The van der Waals surface area contributed by atoms with Gasteiger partial charge in [-0.2, -0.15) is 0 Å². The first kappa shape index (κ1) is 19.2. The van der Waals surface area contributed by atoms with Gasteiger partial charge in [0.1, 0.15) is 5.75 Å². The Morgan fingerprint density at radius 1 is 1.35 bits per heavy atom. The number of hydrogen-bond acceptors (Lipinski definition) is 3. The Morgan fingerprint density at radius 2 is 2.00 bits per heavy atom. The Labute approximate surface area is 135 Å². The SMILES string of the molecule is CCN[C@H](C)CNC(=O)C(C)Oc1ccccc1Br.Cl. The lowest BCUT2D eigenvalue weighted by atomic mass is 10.3. The maximum Gasteiger partial charge on any atom is 0.260 e. The van der Waals surface area contributed by atoms with E-state index in [0.717, 1.165) is 11.0 Å². The molecule has 1 rings (SSSR count). The minimum absolute atomic E-state index is 0. The number of amides is 1. The molecular formula is C14H22BrClN2O2. The highest BCUT2D eigenvalue weighted by Gasteiger charge is 2.16. The lowest BCUT2D eigenvalue weighted by Crippen LogP contribution is -2.43. The first-order chi connectivity index (χ1) is 9.04. The minimum atomic E-state index is -0.521. The van der Waals surface area contributed by atoms with Crippen molar-refractivity contribution in [1.82, 2.24) is 10.6 Å². The summed E-state index contributed by atoms with van der Waals surface area (Å²) in [7, 11) is 0. The largest absolute Gasteiger partial charge is 0.480 e. The molecule has 1 aromatic rings. The van der Waals surface area contributed by atoms with Gasteiger partial charge in [0.2, 0.25) is 0 Å². The molecule has 0 radical (unpaired) electrons. The highest BCUT2D eigenvalue weighted by atomic mass is 79.9. The van der Waals surface area contributed by atoms with Crippen molar-refractivity contribution in [1.29, 1.82) is 0 Å². The van der Waals surface area contributed by atoms with Gasteiger partial charge in [-0.25, -0.2) is 0 Å². The van der Waals surface area contributed by atoms with E-state index in [0.29, 0.717) is 12.3 Å². The van der Waals surface area contributed by atoms with Gasteiger partial charge in [-0.1, -0.05) is 19.1 Å². The van der Waals surface area contributed by atoms with Crippen LogP contribution in [-0.4, -0.2) is 31.1 Å². The molecule has 0 bridgehead atoms. The van der Waals surface area contributed by atoms with Gasteiger partial charge < -0.3 is 15.4 Å². The molecular weight excluding hydrogens is 344 g/mol. The number of halogens is 2. The maximum absolute atomic E-state index is 11.9. The van der Waals surface area contributed by atoms with Crippen molar-refractivity contribution >= 4 is 34.2 Å². The molecule has 0 aliphatic carbocycles. The van der Waals surface area contributed by atoms with E-state index in [4.69, 9.17) is 4.74 Å². The molecule has 114 valence electrons. The predicted octanol–water partition coefficient (Wildman–Crippen LogP) is 2.75. The molecule has 1 aromatic carbocycles. The Hall–Kier alpha value is -0.780. The smallest absolute Gasteiger partial charge is 0.260 e. The van der Waals surface area contributed by atoms with E-state index in [1.807, 2.05) is 38.1 Å². The molecule has 0 saturated carbocycles. The van der Waals surface area contributed by atoms with Crippen molar-refractivity contribution in [2.24, 2.45) is 0 Å². The van der Waals surface area contributed by atoms with Crippen molar-refractivity contribution in [3.8, 4) is 5.75 Å². The van der Waals surface area contributed by atoms with E-state index in [9.17, 15) is 4.79 Å². The monoisotopic (exact) mass is 364 g/mol. The topological polar surface area (TPSA) is 50.4 Å². The normalized spacial score (nSPS) is 13.0. The number of rotatable bonds is 7. The van der Waals surface area contributed by atoms with Crippen LogP contribution in [0.1, 0.15) is 20.8 Å². The number of carbonyl (C=O) groups excluding carboxylic acids is 1. The zero-order valence-corrected chi connectivity index (χ0v) is 14.4. The summed E-state index contributed by atoms with van der Waals surface area (Å²) in [4.78, 5) is 11.9. The van der Waals surface area contributed by atoms with Gasteiger partial charge in [0, 0.05) is 12.6 Å². The van der Waals surface area contributed by atoms with Crippen LogP contribution in [0.4, 0.5) is 0 Å². The molecule has 1 unspecified atom stereocenters. The third-order valence-corrected chi connectivity index (χ3v) is 3.30. The fourth-order valence-corrected chi connectivity index (χ4v) is 1.98. The summed E-state index contributed by atoms with van der Waals surface area (Å²) in [5.41, 5.74) is 0. The van der Waals surface area contributed by atoms with Crippen molar-refractivity contribution in [2.45, 2.75) is 32.9 Å². The minimum Gasteiger partial charge on any atom is -0.480 e. The lowest BCUT2D eigenvalue weighted by Gasteiger charge is -2.18. The molecule has 2 N–H and O–H groups in total. The molecule has 0 spiro atoms. The van der Waals surface area contributed by atoms with Crippen LogP contribution in [0, 0.1) is 0 Å². The quantitative estimate of drug-likeness (QED) is 0.781. The summed E-state index contributed by atoms with van der Waals surface area (Å²) in [5.74, 6) is 0.561. The number of likely N-dealkylation sites (N-methyl/N-ethyl adjacent to an activating group) is 1. The highest BCUT2D eigenvalue weighted by Crippen LogP contribution is 2.24. The molecule has 20 heavy (non-hydrogen) atoms. The second-order valence-corrected chi connectivity index (χ2v) is 5.25. The van der Waals surface area contributed by atoms with Crippen LogP contribution >= 0.6 is 28.3 Å². The average Bonchev–Trinajstić information content (AvgIpc) is 2.39. The molecule has 0 aromatic heterocycles. The third-order valence-electron chi connectivity index (χ3n) is 2.64. The third kappa shape index (κ3) is 6.59. The van der Waals surface area contributed by atoms with Crippen LogP contribution in [-0.2, 0) is 4.79 Å². The van der Waals surface area contributed by atoms with Crippen LogP contribution < -0.4 is 15.4 Å². The van der Waals surface area contributed by atoms with Gasteiger partial charge in [-0.15, -0.1) is 12.4 Å². The van der Waals surface area contributed by atoms with Gasteiger partial charge in [0.15, 0.2) is 6.10 Å². The van der Waals surface area contributed by atoms with E-state index in [1.165, 1.54) is 0 Å². The van der Waals surface area contributed by atoms with Gasteiger partial charge >= 0.3 is 0 Å². The molecule has 0 heterocycles. The van der Waals surface area contributed by atoms with Crippen LogP contribution in [0.3, 0.4) is 0 Å². The van der Waals surface area contributed by atoms with Crippen molar-refractivity contribution in [2.75, 3.05) is 13.1 Å². The second-order valence-electron chi connectivity index (χ2n) is 4.39. The van der Waals surface area contributed by atoms with Crippen molar-refractivity contribution in [3.05, 3.63) is 28.7 Å². The van der Waals surface area contributed by atoms with Crippen LogP contribution in [0.2, 0.25) is 0 Å². The van der Waals surface area contributed by atoms with E-state index in [2.05, 4.69) is 26.6 Å². The molecule has 0 saturated heterocycles. The molecule has 6 heteroatoms. The zero-order chi connectivity index (χ0) is 14.3. The van der Waals surface area contributed by atoms with E-state index in [1.54, 1.807) is 6.92 Å². The second kappa shape index (κ2) is 10.0. The summed E-state index contributed by atoms with van der Waals surface area (Å²) in [5, 5.41) is 6.10. The van der Waals surface area contributed by atoms with E-state index < -0.39 is 6.10 Å². The fourth-order valence-electron chi connectivity index (χ4n) is 1.60. The Morgan fingerprint density at radius 3 is 2.60 bits per heavy atom. The van der Waals surface area contributed by atoms with Gasteiger partial charge in [-0.3, -0.25) is 4.79 Å². The van der Waals surface area contributed by atoms with Crippen molar-refractivity contribution < 1.29 is 9.53 Å². The van der Waals surface area contributed by atoms with Crippen LogP contribution in [0.15, 0.2) is 28.7 Å². The standard InChI is InChI=1S/C14H21BrN2O2.ClH/c1-4-16-10(2)9-17-14(18)11(3)19-13-8-6-5-7-12(13)15;/h5-8,10-11,16H,4,9H2,1-3H3,(H,17,18);1H/t10-,11?;/m1./s1. The molecule has 4 nitrogen and oxygen atoms in total. The zero-order valence-electron chi connectivity index (χ0n) is 12.0. The van der Waals surface area contributed by atoms with E-state index >= 15 is 0 Å². The Kier molecular flexibility index (Phi) is 9.63. The van der Waals surface area contributed by atoms with Gasteiger partial charge in [-0.05, 0) is 48.5 Å². The van der Waals surface area contributed by atoms with Gasteiger partial charge in [0.25, 0.3) is 5.91 Å². The summed E-state index contributed by atoms with van der Waals surface area (Å²) < 4.78 is 6.46. The number of hydrogen-bond donors (Lipinski definition) is 2.